The summed E-state index contributed by atoms with van der Waals surface area (Å²) in [5.74, 6) is 0.0444. The van der Waals surface area contributed by atoms with E-state index in [0.29, 0.717) is 10.6 Å². The van der Waals surface area contributed by atoms with Crippen molar-refractivity contribution in [3.8, 4) is 11.1 Å². The van der Waals surface area contributed by atoms with E-state index in [4.69, 9.17) is 11.6 Å². The van der Waals surface area contributed by atoms with Gasteiger partial charge >= 0.3 is 0 Å². The van der Waals surface area contributed by atoms with Crippen molar-refractivity contribution in [2.45, 2.75) is 20.4 Å². The van der Waals surface area contributed by atoms with Crippen LogP contribution < -0.4 is 4.72 Å². The van der Waals surface area contributed by atoms with Gasteiger partial charge < -0.3 is 4.57 Å². The second-order valence-electron chi connectivity index (χ2n) is 7.13. The number of hydrogen-bond donors (Lipinski definition) is 1. The molecule has 0 unspecified atom stereocenters. The normalized spacial score (nSPS) is 11.7. The van der Waals surface area contributed by atoms with Crippen LogP contribution in [0.2, 0.25) is 5.02 Å². The van der Waals surface area contributed by atoms with Crippen LogP contribution in [0.25, 0.3) is 22.2 Å². The highest BCUT2D eigenvalue weighted by Gasteiger charge is 2.19. The first-order valence-electron chi connectivity index (χ1n) is 9.23. The molecule has 0 bridgehead atoms. The van der Waals surface area contributed by atoms with Gasteiger partial charge in [-0.15, -0.1) is 0 Å². The monoisotopic (exact) mass is 416 g/mol. The minimum Gasteiger partial charge on any atom is -0.330 e. The Kier molecular flexibility index (Phi) is 6.78. The van der Waals surface area contributed by atoms with Crippen LogP contribution in [-0.4, -0.2) is 40.3 Å². The fraction of sp³-hybridized carbons (Fsp3) is 0.333. The van der Waals surface area contributed by atoms with E-state index in [9.17, 15) is 4.79 Å². The molecule has 5 nitrogen and oxygen atoms in total. The third kappa shape index (κ3) is 4.58. The van der Waals surface area contributed by atoms with Crippen molar-refractivity contribution in [2.24, 2.45) is 5.92 Å². The number of nitrogens with zero attached hydrogens (tertiary/aromatic N) is 3. The second-order valence-corrected chi connectivity index (χ2v) is 8.74. The summed E-state index contributed by atoms with van der Waals surface area (Å²) in [7, 11) is 3.97. The predicted octanol–water partition coefficient (Wildman–Crippen LogP) is 4.91. The van der Waals surface area contributed by atoms with Crippen LogP contribution in [0.3, 0.4) is 0 Å². The zero-order chi connectivity index (χ0) is 20.3. The Bertz CT molecular complexity index is 984. The standard InChI is InChI=1S/C21H25ClN4OS/c1-14(2)20(27)18-13-26(10-9-24-28-25(3)4)21-17(18)11-15(12-23-21)16-7-5-6-8-19(16)22/h5-8,11-14,24H,9-10H2,1-4H3. The Balaban J connectivity index is 2.01. The van der Waals surface area contributed by atoms with Gasteiger partial charge in [-0.25, -0.2) is 14.0 Å². The van der Waals surface area contributed by atoms with Gasteiger partial charge in [0.15, 0.2) is 5.78 Å². The highest BCUT2D eigenvalue weighted by Crippen LogP contribution is 2.31. The van der Waals surface area contributed by atoms with Crippen LogP contribution in [0.4, 0.5) is 0 Å². The fourth-order valence-corrected chi connectivity index (χ4v) is 3.72. The molecule has 2 aromatic heterocycles. The number of nitrogens with one attached hydrogen (secondary N) is 1. The number of carbonyl (C=O) groups excluding carboxylic acids is 1. The highest BCUT2D eigenvalue weighted by atomic mass is 35.5. The number of rotatable bonds is 8. The smallest absolute Gasteiger partial charge is 0.167 e. The zero-order valence-electron chi connectivity index (χ0n) is 16.6. The summed E-state index contributed by atoms with van der Waals surface area (Å²) in [6.07, 6.45) is 3.75. The van der Waals surface area contributed by atoms with Crippen molar-refractivity contribution in [1.29, 1.82) is 0 Å². The van der Waals surface area contributed by atoms with Gasteiger partial charge in [-0.1, -0.05) is 43.6 Å². The summed E-state index contributed by atoms with van der Waals surface area (Å²) < 4.78 is 7.34. The molecule has 0 saturated heterocycles. The van der Waals surface area contributed by atoms with Crippen molar-refractivity contribution < 1.29 is 4.79 Å². The summed E-state index contributed by atoms with van der Waals surface area (Å²) in [5.41, 5.74) is 3.36. The second kappa shape index (κ2) is 9.09. The van der Waals surface area contributed by atoms with E-state index in [0.717, 1.165) is 35.2 Å². The van der Waals surface area contributed by atoms with Crippen molar-refractivity contribution >= 4 is 40.6 Å². The molecule has 0 saturated carbocycles. The van der Waals surface area contributed by atoms with Crippen LogP contribution >= 0.6 is 23.7 Å². The Hall–Kier alpha value is -1.86. The number of pyridine rings is 1. The van der Waals surface area contributed by atoms with E-state index in [-0.39, 0.29) is 11.7 Å². The lowest BCUT2D eigenvalue weighted by atomic mass is 9.99. The van der Waals surface area contributed by atoms with Gasteiger partial charge in [-0.2, -0.15) is 0 Å². The van der Waals surface area contributed by atoms with Crippen molar-refractivity contribution in [3.63, 3.8) is 0 Å². The molecule has 148 valence electrons. The minimum atomic E-state index is -0.0783. The van der Waals surface area contributed by atoms with Gasteiger partial charge in [0.2, 0.25) is 0 Å². The molecule has 0 radical (unpaired) electrons. The molecule has 0 aliphatic rings. The van der Waals surface area contributed by atoms with Gasteiger partial charge in [0, 0.05) is 70.6 Å². The number of fused-ring (bicyclic) bond motifs is 1. The van der Waals surface area contributed by atoms with Crippen LogP contribution in [0, 0.1) is 5.92 Å². The van der Waals surface area contributed by atoms with E-state index >= 15 is 0 Å². The number of benzene rings is 1. The molecule has 0 amide bonds. The largest absolute Gasteiger partial charge is 0.330 e. The number of halogens is 1. The first-order chi connectivity index (χ1) is 13.4. The van der Waals surface area contributed by atoms with E-state index in [2.05, 4.69) is 9.71 Å². The molecule has 0 atom stereocenters. The number of carbonyl (C=O) groups is 1. The summed E-state index contributed by atoms with van der Waals surface area (Å²) in [6, 6.07) is 9.71. The molecule has 0 spiro atoms. The molecule has 1 N–H and O–H groups in total. The lowest BCUT2D eigenvalue weighted by Crippen LogP contribution is -2.17. The molecule has 0 aliphatic heterocycles. The van der Waals surface area contributed by atoms with Crippen molar-refractivity contribution in [3.05, 3.63) is 53.3 Å². The minimum absolute atomic E-state index is 0.0783. The maximum absolute atomic E-state index is 12.8. The predicted molar refractivity (Wildman–Crippen MR) is 119 cm³/mol. The first-order valence-corrected chi connectivity index (χ1v) is 10.4. The molecule has 0 aliphatic carbocycles. The lowest BCUT2D eigenvalue weighted by molar-refractivity contribution is 0.0941. The number of hydrogen-bond acceptors (Lipinski definition) is 5. The molecule has 3 aromatic rings. The quantitative estimate of drug-likeness (QED) is 0.321. The van der Waals surface area contributed by atoms with Crippen LogP contribution in [-0.2, 0) is 6.54 Å². The van der Waals surface area contributed by atoms with E-state index < -0.39 is 0 Å². The van der Waals surface area contributed by atoms with Crippen LogP contribution in [0.1, 0.15) is 24.2 Å². The SMILES string of the molecule is CC(C)C(=O)c1cn(CCNSN(C)C)c2ncc(-c3ccccc3Cl)cc12. The van der Waals surface area contributed by atoms with Gasteiger partial charge in [0.05, 0.1) is 0 Å². The fourth-order valence-electron chi connectivity index (χ4n) is 3.03. The molecule has 0 fully saturated rings. The maximum atomic E-state index is 12.8. The first kappa shape index (κ1) is 20.9. The van der Waals surface area contributed by atoms with Gasteiger partial charge in [0.25, 0.3) is 0 Å². The lowest BCUT2D eigenvalue weighted by Gasteiger charge is -2.10. The molecule has 3 rings (SSSR count). The maximum Gasteiger partial charge on any atom is 0.167 e. The van der Waals surface area contributed by atoms with Gasteiger partial charge in [-0.05, 0) is 26.2 Å². The van der Waals surface area contributed by atoms with Crippen LogP contribution in [0.5, 0.6) is 0 Å². The molecule has 1 aromatic carbocycles. The molecular formula is C21H25ClN4OS. The summed E-state index contributed by atoms with van der Waals surface area (Å²) in [4.78, 5) is 17.5. The zero-order valence-corrected chi connectivity index (χ0v) is 18.1. The summed E-state index contributed by atoms with van der Waals surface area (Å²) in [5, 5.41) is 1.54. The Morgan fingerprint density at radius 2 is 2.07 bits per heavy atom. The number of Topliss-reactive ketones (excluding diaryl/α,β-unsaturated/α-hetero) is 1. The molecule has 2 heterocycles. The summed E-state index contributed by atoms with van der Waals surface area (Å²) in [6.45, 7) is 5.33. The molecule has 7 heteroatoms. The Morgan fingerprint density at radius 3 is 2.75 bits per heavy atom. The molecule has 28 heavy (non-hydrogen) atoms. The third-order valence-corrected chi connectivity index (χ3v) is 5.42. The van der Waals surface area contributed by atoms with Gasteiger partial charge in [0.1, 0.15) is 5.65 Å². The number of ketones is 1. The van der Waals surface area contributed by atoms with Crippen molar-refractivity contribution in [2.75, 3.05) is 20.6 Å². The Labute approximate surface area is 175 Å². The van der Waals surface area contributed by atoms with E-state index in [1.807, 2.05) is 79.5 Å². The van der Waals surface area contributed by atoms with Crippen molar-refractivity contribution in [1.82, 2.24) is 18.6 Å². The topological polar surface area (TPSA) is 50.2 Å². The number of aromatic nitrogens is 2. The highest BCUT2D eigenvalue weighted by molar-refractivity contribution is 7.95. The average Bonchev–Trinajstić information content (AvgIpc) is 3.02. The third-order valence-electron chi connectivity index (χ3n) is 4.39. The van der Waals surface area contributed by atoms with Gasteiger partial charge in [-0.3, -0.25) is 4.79 Å². The van der Waals surface area contributed by atoms with Crippen LogP contribution in [0.15, 0.2) is 42.7 Å². The van der Waals surface area contributed by atoms with E-state index in [1.165, 1.54) is 0 Å². The average molecular weight is 417 g/mol. The molecular weight excluding hydrogens is 392 g/mol. The van der Waals surface area contributed by atoms with E-state index in [1.54, 1.807) is 12.1 Å². The summed E-state index contributed by atoms with van der Waals surface area (Å²) >= 11 is 7.91. The Morgan fingerprint density at radius 1 is 1.32 bits per heavy atom.